The van der Waals surface area contributed by atoms with Gasteiger partial charge in [0.25, 0.3) is 0 Å². The molecule has 0 aliphatic rings. The first-order chi connectivity index (χ1) is 5.74. The third-order valence-electron chi connectivity index (χ3n) is 2.15. The largest absolute Gasteiger partial charge is 0.413 e. The molecule has 0 aliphatic heterocycles. The Hall–Kier alpha value is -0.0831. The van der Waals surface area contributed by atoms with Crippen molar-refractivity contribution >= 4 is 8.32 Å². The van der Waals surface area contributed by atoms with E-state index >= 15 is 0 Å². The van der Waals surface area contributed by atoms with Crippen LogP contribution in [-0.2, 0) is 4.43 Å². The van der Waals surface area contributed by atoms with E-state index in [0.717, 1.165) is 6.61 Å². The SMILES string of the molecule is C=C[Si](CCC)(CCC)OCC. The molecule has 72 valence electrons. The Labute approximate surface area is 78.0 Å². The van der Waals surface area contributed by atoms with Gasteiger partial charge in [0.05, 0.1) is 0 Å². The zero-order chi connectivity index (χ0) is 9.45. The van der Waals surface area contributed by atoms with Crippen LogP contribution in [0.2, 0.25) is 12.1 Å². The van der Waals surface area contributed by atoms with E-state index in [0.29, 0.717) is 0 Å². The molecule has 2 heteroatoms. The smallest absolute Gasteiger partial charge is 0.216 e. The number of hydrogen-bond donors (Lipinski definition) is 0. The van der Waals surface area contributed by atoms with Crippen LogP contribution in [0.4, 0.5) is 0 Å². The van der Waals surface area contributed by atoms with Gasteiger partial charge in [0, 0.05) is 6.61 Å². The molecule has 1 nitrogen and oxygen atoms in total. The maximum atomic E-state index is 5.88. The van der Waals surface area contributed by atoms with Crippen molar-refractivity contribution in [2.75, 3.05) is 6.61 Å². The quantitative estimate of drug-likeness (QED) is 0.553. The van der Waals surface area contributed by atoms with Gasteiger partial charge in [-0.15, -0.1) is 6.58 Å². The predicted octanol–water partition coefficient (Wildman–Crippen LogP) is 3.51. The first-order valence-corrected chi connectivity index (χ1v) is 7.42. The second-order valence-corrected chi connectivity index (χ2v) is 7.03. The summed E-state index contributed by atoms with van der Waals surface area (Å²) in [5.41, 5.74) is 2.11. The van der Waals surface area contributed by atoms with Gasteiger partial charge in [-0.25, -0.2) is 0 Å². The molecule has 0 bridgehead atoms. The summed E-state index contributed by atoms with van der Waals surface area (Å²) in [6, 6.07) is 2.47. The molecule has 0 rings (SSSR count). The molecule has 0 N–H and O–H groups in total. The fourth-order valence-corrected chi connectivity index (χ4v) is 5.00. The molecule has 0 aromatic carbocycles. The van der Waals surface area contributed by atoms with E-state index < -0.39 is 8.32 Å². The maximum absolute atomic E-state index is 5.88. The van der Waals surface area contributed by atoms with Crippen molar-refractivity contribution in [3.8, 4) is 0 Å². The van der Waals surface area contributed by atoms with Crippen LogP contribution in [0.25, 0.3) is 0 Å². The highest BCUT2D eigenvalue weighted by Crippen LogP contribution is 2.22. The van der Waals surface area contributed by atoms with Crippen molar-refractivity contribution < 1.29 is 4.43 Å². The van der Waals surface area contributed by atoms with Crippen molar-refractivity contribution in [1.29, 1.82) is 0 Å². The average molecular weight is 186 g/mol. The van der Waals surface area contributed by atoms with Crippen LogP contribution in [0, 0.1) is 0 Å². The van der Waals surface area contributed by atoms with Crippen molar-refractivity contribution in [1.82, 2.24) is 0 Å². The van der Waals surface area contributed by atoms with Crippen LogP contribution < -0.4 is 0 Å². The van der Waals surface area contributed by atoms with Gasteiger partial charge >= 0.3 is 0 Å². The molecule has 0 amide bonds. The van der Waals surface area contributed by atoms with E-state index in [-0.39, 0.29) is 0 Å². The molecule has 0 aromatic heterocycles. The fourth-order valence-electron chi connectivity index (χ4n) is 1.67. The first-order valence-electron chi connectivity index (χ1n) is 5.02. The van der Waals surface area contributed by atoms with Crippen LogP contribution >= 0.6 is 0 Å². The van der Waals surface area contributed by atoms with Gasteiger partial charge in [0.1, 0.15) is 0 Å². The van der Waals surface area contributed by atoms with Crippen LogP contribution in [0.5, 0.6) is 0 Å². The minimum atomic E-state index is -1.51. The first kappa shape index (κ1) is 11.9. The summed E-state index contributed by atoms with van der Waals surface area (Å²) >= 11 is 0. The lowest BCUT2D eigenvalue weighted by atomic mass is 10.6. The Bertz CT molecular complexity index is 106. The molecule has 0 radical (unpaired) electrons. The van der Waals surface area contributed by atoms with Crippen LogP contribution in [0.3, 0.4) is 0 Å². The van der Waals surface area contributed by atoms with Crippen molar-refractivity contribution in [3.05, 3.63) is 12.3 Å². The highest BCUT2D eigenvalue weighted by atomic mass is 28.4. The number of hydrogen-bond acceptors (Lipinski definition) is 1. The summed E-state index contributed by atoms with van der Waals surface area (Å²) in [5, 5.41) is 0. The molecule has 0 spiro atoms. The fraction of sp³-hybridized carbons (Fsp3) is 0.800. The molecule has 0 fully saturated rings. The molecule has 0 unspecified atom stereocenters. The summed E-state index contributed by atoms with van der Waals surface area (Å²) in [5.74, 6) is 0. The van der Waals surface area contributed by atoms with E-state index in [9.17, 15) is 0 Å². The molecule has 0 saturated carbocycles. The van der Waals surface area contributed by atoms with Gasteiger partial charge in [0.15, 0.2) is 0 Å². The van der Waals surface area contributed by atoms with Crippen LogP contribution in [0.1, 0.15) is 33.6 Å². The lowest BCUT2D eigenvalue weighted by Gasteiger charge is -2.26. The molecular formula is C10H22OSi. The lowest BCUT2D eigenvalue weighted by Crippen LogP contribution is -2.35. The van der Waals surface area contributed by atoms with Crippen molar-refractivity contribution in [3.63, 3.8) is 0 Å². The van der Waals surface area contributed by atoms with Crippen LogP contribution in [0.15, 0.2) is 12.3 Å². The second-order valence-electron chi connectivity index (χ2n) is 3.20. The highest BCUT2D eigenvalue weighted by Gasteiger charge is 2.28. The third-order valence-corrected chi connectivity index (χ3v) is 6.45. The van der Waals surface area contributed by atoms with Crippen LogP contribution in [-0.4, -0.2) is 14.9 Å². The Morgan fingerprint density at radius 3 is 1.92 bits per heavy atom. The summed E-state index contributed by atoms with van der Waals surface area (Å²) < 4.78 is 5.88. The molecule has 12 heavy (non-hydrogen) atoms. The van der Waals surface area contributed by atoms with Gasteiger partial charge in [-0.05, 0) is 19.0 Å². The summed E-state index contributed by atoms with van der Waals surface area (Å²) in [4.78, 5) is 0. The van der Waals surface area contributed by atoms with Gasteiger partial charge < -0.3 is 4.43 Å². The Morgan fingerprint density at radius 2 is 1.67 bits per heavy atom. The minimum Gasteiger partial charge on any atom is -0.413 e. The van der Waals surface area contributed by atoms with E-state index in [1.807, 2.05) is 0 Å². The van der Waals surface area contributed by atoms with Gasteiger partial charge in [0.2, 0.25) is 8.32 Å². The summed E-state index contributed by atoms with van der Waals surface area (Å²) in [7, 11) is -1.51. The van der Waals surface area contributed by atoms with Gasteiger partial charge in [-0.1, -0.05) is 32.4 Å². The topological polar surface area (TPSA) is 9.23 Å². The summed E-state index contributed by atoms with van der Waals surface area (Å²) in [6.45, 7) is 11.3. The molecule has 0 atom stereocenters. The molecular weight excluding hydrogens is 164 g/mol. The lowest BCUT2D eigenvalue weighted by molar-refractivity contribution is 0.326. The van der Waals surface area contributed by atoms with E-state index in [1.54, 1.807) is 0 Å². The zero-order valence-corrected chi connectivity index (χ0v) is 9.73. The Kier molecular flexibility index (Phi) is 6.39. The zero-order valence-electron chi connectivity index (χ0n) is 8.73. The van der Waals surface area contributed by atoms with Gasteiger partial charge in [-0.3, -0.25) is 0 Å². The van der Waals surface area contributed by atoms with Crippen molar-refractivity contribution in [2.24, 2.45) is 0 Å². The predicted molar refractivity (Wildman–Crippen MR) is 57.8 cm³/mol. The summed E-state index contributed by atoms with van der Waals surface area (Å²) in [6.07, 6.45) is 2.44. The molecule has 0 aliphatic carbocycles. The Balaban J connectivity index is 4.16. The maximum Gasteiger partial charge on any atom is 0.216 e. The third kappa shape index (κ3) is 3.54. The monoisotopic (exact) mass is 186 g/mol. The average Bonchev–Trinajstić information content (AvgIpc) is 2.06. The van der Waals surface area contributed by atoms with E-state index in [4.69, 9.17) is 4.43 Å². The molecule has 0 heterocycles. The molecule has 0 saturated heterocycles. The van der Waals surface area contributed by atoms with E-state index in [2.05, 4.69) is 33.0 Å². The van der Waals surface area contributed by atoms with Crippen molar-refractivity contribution in [2.45, 2.75) is 45.7 Å². The second kappa shape index (κ2) is 6.43. The highest BCUT2D eigenvalue weighted by molar-refractivity contribution is 6.78. The Morgan fingerprint density at radius 1 is 1.17 bits per heavy atom. The number of rotatable bonds is 7. The molecule has 0 aromatic rings. The van der Waals surface area contributed by atoms with E-state index in [1.165, 1.54) is 24.9 Å². The normalized spacial score (nSPS) is 11.6. The van der Waals surface area contributed by atoms with Gasteiger partial charge in [-0.2, -0.15) is 0 Å². The standard InChI is InChI=1S/C10H22OSi/c1-5-9-12(8-4,10-6-2)11-7-3/h8H,4-7,9-10H2,1-3H3. The minimum absolute atomic E-state index is 0.845.